The molecule has 4 rings (SSSR count). The number of hydrogen-bond acceptors (Lipinski definition) is 5. The summed E-state index contributed by atoms with van der Waals surface area (Å²) in [6.45, 7) is 3.46. The van der Waals surface area contributed by atoms with Gasteiger partial charge in [-0.2, -0.15) is 5.10 Å². The summed E-state index contributed by atoms with van der Waals surface area (Å²) < 4.78 is 2.20. The van der Waals surface area contributed by atoms with E-state index in [1.54, 1.807) is 11.8 Å². The fraction of sp³-hybridized carbons (Fsp3) is 0.238. The maximum Gasteiger partial charge on any atom is 0.251 e. The van der Waals surface area contributed by atoms with Crippen molar-refractivity contribution < 1.29 is 4.79 Å². The van der Waals surface area contributed by atoms with Crippen LogP contribution in [0.4, 0.5) is 0 Å². The van der Waals surface area contributed by atoms with Gasteiger partial charge in [0, 0.05) is 24.4 Å². The van der Waals surface area contributed by atoms with Crippen LogP contribution >= 0.6 is 11.8 Å². The predicted molar refractivity (Wildman–Crippen MR) is 114 cm³/mol. The molecule has 148 valence electrons. The van der Waals surface area contributed by atoms with E-state index in [1.165, 1.54) is 6.33 Å². The Morgan fingerprint density at radius 3 is 2.79 bits per heavy atom. The minimum absolute atomic E-state index is 0.0494. The first-order valence-electron chi connectivity index (χ1n) is 9.48. The first kappa shape index (κ1) is 19.2. The van der Waals surface area contributed by atoms with Crippen LogP contribution in [-0.4, -0.2) is 37.2 Å². The Bertz CT molecular complexity index is 1090. The lowest BCUT2D eigenvalue weighted by Gasteiger charge is -2.09. The van der Waals surface area contributed by atoms with Gasteiger partial charge in [0.05, 0.1) is 11.0 Å². The Balaban J connectivity index is 1.25. The zero-order chi connectivity index (χ0) is 20.1. The molecule has 0 aliphatic rings. The smallest absolute Gasteiger partial charge is 0.251 e. The highest BCUT2D eigenvalue weighted by Gasteiger charge is 2.08. The summed E-state index contributed by atoms with van der Waals surface area (Å²) in [5.41, 5.74) is 3.94. The molecule has 1 amide bonds. The number of aryl methyl sites for hydroxylation is 2. The van der Waals surface area contributed by atoms with Crippen LogP contribution in [0.15, 0.2) is 60.0 Å². The summed E-state index contributed by atoms with van der Waals surface area (Å²) >= 11 is 1.57. The number of carbonyl (C=O) groups is 1. The van der Waals surface area contributed by atoms with E-state index >= 15 is 0 Å². The van der Waals surface area contributed by atoms with E-state index in [9.17, 15) is 4.79 Å². The Morgan fingerprint density at radius 2 is 2.00 bits per heavy atom. The van der Waals surface area contributed by atoms with E-state index < -0.39 is 0 Å². The number of aromatic amines is 1. The van der Waals surface area contributed by atoms with Crippen LogP contribution in [0.1, 0.15) is 28.2 Å². The van der Waals surface area contributed by atoms with E-state index in [0.29, 0.717) is 12.1 Å². The lowest BCUT2D eigenvalue weighted by Crippen LogP contribution is -2.25. The summed E-state index contributed by atoms with van der Waals surface area (Å²) in [5.74, 6) is 1.72. The predicted octanol–water partition coefficient (Wildman–Crippen LogP) is 3.58. The molecule has 0 unspecified atom stereocenters. The molecule has 2 aromatic carbocycles. The quantitative estimate of drug-likeness (QED) is 0.345. The number of hydrogen-bond donors (Lipinski definition) is 2. The van der Waals surface area contributed by atoms with Crippen LogP contribution in [0.3, 0.4) is 0 Å². The number of nitrogens with zero attached hydrogens (tertiary/aromatic N) is 4. The summed E-state index contributed by atoms with van der Waals surface area (Å²) in [5, 5.41) is 10.4. The maximum absolute atomic E-state index is 12.4. The van der Waals surface area contributed by atoms with Crippen molar-refractivity contribution in [2.24, 2.45) is 0 Å². The van der Waals surface area contributed by atoms with Gasteiger partial charge in [0.25, 0.3) is 5.91 Å². The molecule has 8 heteroatoms. The second kappa shape index (κ2) is 8.91. The monoisotopic (exact) mass is 406 g/mol. The van der Waals surface area contributed by atoms with Gasteiger partial charge < -0.3 is 9.88 Å². The minimum Gasteiger partial charge on any atom is -0.352 e. The highest BCUT2D eigenvalue weighted by atomic mass is 32.2. The SMILES string of the molecule is Cc1nc2ccccc2n1CCCNC(=O)c1ccc(CSc2ncn[nH]2)cc1. The fourth-order valence-corrected chi connectivity index (χ4v) is 3.92. The fourth-order valence-electron chi connectivity index (χ4n) is 3.19. The van der Waals surface area contributed by atoms with Gasteiger partial charge in [0.2, 0.25) is 0 Å². The standard InChI is InChI=1S/C21H22N6OS/c1-15-25-18-5-2-3-6-19(18)27(15)12-4-11-22-20(28)17-9-7-16(8-10-17)13-29-21-23-14-24-26-21/h2-3,5-10,14H,4,11-13H2,1H3,(H,22,28)(H,23,24,26). The van der Waals surface area contributed by atoms with E-state index in [0.717, 1.165) is 46.3 Å². The number of fused-ring (bicyclic) bond motifs is 1. The zero-order valence-corrected chi connectivity index (χ0v) is 16.9. The van der Waals surface area contributed by atoms with Gasteiger partial charge in [0.15, 0.2) is 5.16 Å². The Kier molecular flexibility index (Phi) is 5.90. The molecule has 0 fully saturated rings. The van der Waals surface area contributed by atoms with Crippen LogP contribution in [0.2, 0.25) is 0 Å². The van der Waals surface area contributed by atoms with Crippen molar-refractivity contribution in [1.82, 2.24) is 30.0 Å². The molecule has 0 spiro atoms. The highest BCUT2D eigenvalue weighted by molar-refractivity contribution is 7.98. The number of amides is 1. The van der Waals surface area contributed by atoms with Gasteiger partial charge in [-0.15, -0.1) is 0 Å². The van der Waals surface area contributed by atoms with Crippen molar-refractivity contribution >= 4 is 28.7 Å². The molecule has 0 saturated carbocycles. The lowest BCUT2D eigenvalue weighted by molar-refractivity contribution is 0.0953. The number of H-pyrrole nitrogens is 1. The second-order valence-corrected chi connectivity index (χ2v) is 7.65. The second-order valence-electron chi connectivity index (χ2n) is 6.69. The normalized spacial score (nSPS) is 11.1. The van der Waals surface area contributed by atoms with Crippen molar-refractivity contribution in [3.63, 3.8) is 0 Å². The molecular formula is C21H22N6OS. The minimum atomic E-state index is -0.0494. The highest BCUT2D eigenvalue weighted by Crippen LogP contribution is 2.18. The third-order valence-corrected chi connectivity index (χ3v) is 5.62. The number of aromatic nitrogens is 5. The topological polar surface area (TPSA) is 88.5 Å². The number of rotatable bonds is 8. The van der Waals surface area contributed by atoms with E-state index in [4.69, 9.17) is 0 Å². The number of nitrogens with one attached hydrogen (secondary N) is 2. The molecule has 4 aromatic rings. The molecular weight excluding hydrogens is 384 g/mol. The molecule has 0 radical (unpaired) electrons. The van der Waals surface area contributed by atoms with Crippen LogP contribution in [0.25, 0.3) is 11.0 Å². The van der Waals surface area contributed by atoms with Crippen LogP contribution in [-0.2, 0) is 12.3 Å². The number of para-hydroxylation sites is 2. The molecule has 0 bridgehead atoms. The molecule has 2 N–H and O–H groups in total. The lowest BCUT2D eigenvalue weighted by atomic mass is 10.1. The average Bonchev–Trinajstić information content (AvgIpc) is 3.37. The molecule has 29 heavy (non-hydrogen) atoms. The summed E-state index contributed by atoms with van der Waals surface area (Å²) in [7, 11) is 0. The molecule has 2 heterocycles. The third kappa shape index (κ3) is 4.65. The van der Waals surface area contributed by atoms with Crippen LogP contribution < -0.4 is 5.32 Å². The van der Waals surface area contributed by atoms with Gasteiger partial charge in [-0.3, -0.25) is 9.89 Å². The molecule has 0 atom stereocenters. The van der Waals surface area contributed by atoms with Crippen LogP contribution in [0, 0.1) is 6.92 Å². The Labute approximate surface area is 173 Å². The molecule has 0 saturated heterocycles. The van der Waals surface area contributed by atoms with Gasteiger partial charge in [-0.1, -0.05) is 36.0 Å². The molecule has 0 aliphatic carbocycles. The van der Waals surface area contributed by atoms with Gasteiger partial charge in [-0.05, 0) is 43.2 Å². The molecule has 7 nitrogen and oxygen atoms in total. The van der Waals surface area contributed by atoms with E-state index in [1.807, 2.05) is 49.4 Å². The third-order valence-electron chi connectivity index (χ3n) is 4.67. The summed E-state index contributed by atoms with van der Waals surface area (Å²) in [6.07, 6.45) is 2.34. The number of benzene rings is 2. The first-order chi connectivity index (χ1) is 14.2. The summed E-state index contributed by atoms with van der Waals surface area (Å²) in [4.78, 5) is 21.0. The van der Waals surface area contributed by atoms with E-state index in [2.05, 4.69) is 36.1 Å². The number of imidazole rings is 1. The van der Waals surface area contributed by atoms with E-state index in [-0.39, 0.29) is 5.91 Å². The first-order valence-corrected chi connectivity index (χ1v) is 10.5. The van der Waals surface area contributed by atoms with Crippen LogP contribution in [0.5, 0.6) is 0 Å². The van der Waals surface area contributed by atoms with Crippen molar-refractivity contribution in [2.75, 3.05) is 6.54 Å². The average molecular weight is 407 g/mol. The Hall–Kier alpha value is -3.13. The summed E-state index contributed by atoms with van der Waals surface area (Å²) in [6, 6.07) is 15.8. The van der Waals surface area contributed by atoms with Gasteiger partial charge >= 0.3 is 0 Å². The van der Waals surface area contributed by atoms with Crippen molar-refractivity contribution in [1.29, 1.82) is 0 Å². The van der Waals surface area contributed by atoms with Gasteiger partial charge in [0.1, 0.15) is 12.2 Å². The largest absolute Gasteiger partial charge is 0.352 e. The maximum atomic E-state index is 12.4. The molecule has 0 aliphatic heterocycles. The Morgan fingerprint density at radius 1 is 1.17 bits per heavy atom. The number of carbonyl (C=O) groups excluding carboxylic acids is 1. The van der Waals surface area contributed by atoms with Crippen molar-refractivity contribution in [3.05, 3.63) is 71.8 Å². The molecule has 2 aromatic heterocycles. The van der Waals surface area contributed by atoms with Crippen molar-refractivity contribution in [3.8, 4) is 0 Å². The number of thioether (sulfide) groups is 1. The van der Waals surface area contributed by atoms with Crippen molar-refractivity contribution in [2.45, 2.75) is 30.8 Å². The van der Waals surface area contributed by atoms with Gasteiger partial charge in [-0.25, -0.2) is 9.97 Å². The zero-order valence-electron chi connectivity index (χ0n) is 16.1.